The molecule has 2 aromatic rings. The SMILES string of the molecule is COc1cccc(CNC(=O)COC(=O)/C=C/c2cccc(Br)c2)c1. The number of esters is 1. The van der Waals surface area contributed by atoms with Gasteiger partial charge in [0, 0.05) is 17.1 Å². The van der Waals surface area contributed by atoms with Gasteiger partial charge in [0.2, 0.25) is 0 Å². The maximum atomic E-state index is 11.7. The number of hydrogen-bond acceptors (Lipinski definition) is 4. The van der Waals surface area contributed by atoms with E-state index in [2.05, 4.69) is 21.2 Å². The Kier molecular flexibility index (Phi) is 7.22. The molecule has 1 amide bonds. The minimum Gasteiger partial charge on any atom is -0.497 e. The van der Waals surface area contributed by atoms with Crippen LogP contribution in [0.25, 0.3) is 6.08 Å². The highest BCUT2D eigenvalue weighted by Crippen LogP contribution is 2.13. The molecular weight excluding hydrogens is 386 g/mol. The van der Waals surface area contributed by atoms with Crippen LogP contribution in [0.15, 0.2) is 59.1 Å². The fraction of sp³-hybridized carbons (Fsp3) is 0.158. The Bertz CT molecular complexity index is 774. The van der Waals surface area contributed by atoms with Gasteiger partial charge in [0.05, 0.1) is 7.11 Å². The summed E-state index contributed by atoms with van der Waals surface area (Å²) in [4.78, 5) is 23.4. The van der Waals surface area contributed by atoms with Crippen molar-refractivity contribution in [2.24, 2.45) is 0 Å². The number of halogens is 1. The lowest BCUT2D eigenvalue weighted by atomic mass is 10.2. The van der Waals surface area contributed by atoms with E-state index in [9.17, 15) is 9.59 Å². The smallest absolute Gasteiger partial charge is 0.331 e. The van der Waals surface area contributed by atoms with Crippen molar-refractivity contribution in [2.75, 3.05) is 13.7 Å². The minimum atomic E-state index is -0.573. The fourth-order valence-electron chi connectivity index (χ4n) is 1.99. The minimum absolute atomic E-state index is 0.328. The third-order valence-electron chi connectivity index (χ3n) is 3.23. The molecule has 0 aliphatic carbocycles. The Labute approximate surface area is 154 Å². The van der Waals surface area contributed by atoms with E-state index in [0.29, 0.717) is 6.54 Å². The van der Waals surface area contributed by atoms with Crippen molar-refractivity contribution in [1.82, 2.24) is 5.32 Å². The average molecular weight is 404 g/mol. The molecule has 130 valence electrons. The second-order valence-electron chi connectivity index (χ2n) is 5.12. The quantitative estimate of drug-likeness (QED) is 0.568. The molecule has 0 bridgehead atoms. The van der Waals surface area contributed by atoms with Crippen molar-refractivity contribution >= 4 is 33.9 Å². The van der Waals surface area contributed by atoms with Crippen molar-refractivity contribution in [3.63, 3.8) is 0 Å². The van der Waals surface area contributed by atoms with Crippen LogP contribution in [0.4, 0.5) is 0 Å². The third kappa shape index (κ3) is 6.81. The first-order valence-corrected chi connectivity index (χ1v) is 8.36. The van der Waals surface area contributed by atoms with Gasteiger partial charge in [-0.05, 0) is 41.5 Å². The van der Waals surface area contributed by atoms with Gasteiger partial charge in [-0.15, -0.1) is 0 Å². The van der Waals surface area contributed by atoms with E-state index in [1.165, 1.54) is 6.08 Å². The molecular formula is C19H18BrNO4. The molecule has 6 heteroatoms. The van der Waals surface area contributed by atoms with Crippen LogP contribution in [0.2, 0.25) is 0 Å². The first kappa shape index (κ1) is 18.7. The predicted molar refractivity (Wildman–Crippen MR) is 99.0 cm³/mol. The average Bonchev–Trinajstić information content (AvgIpc) is 2.63. The van der Waals surface area contributed by atoms with Crippen LogP contribution >= 0.6 is 15.9 Å². The normalized spacial score (nSPS) is 10.5. The molecule has 0 saturated heterocycles. The molecule has 0 aromatic heterocycles. The number of nitrogens with one attached hydrogen (secondary N) is 1. The second-order valence-corrected chi connectivity index (χ2v) is 6.04. The Balaban J connectivity index is 1.74. The summed E-state index contributed by atoms with van der Waals surface area (Å²) in [5.41, 5.74) is 1.75. The topological polar surface area (TPSA) is 64.6 Å². The number of rotatable bonds is 7. The summed E-state index contributed by atoms with van der Waals surface area (Å²) in [6.45, 7) is 0.00703. The summed E-state index contributed by atoms with van der Waals surface area (Å²) in [5, 5.41) is 2.68. The molecule has 0 aliphatic rings. The lowest BCUT2D eigenvalue weighted by Crippen LogP contribution is -2.28. The molecule has 0 spiro atoms. The molecule has 0 fully saturated rings. The van der Waals surface area contributed by atoms with Gasteiger partial charge in [-0.1, -0.05) is 40.2 Å². The molecule has 2 rings (SSSR count). The zero-order valence-corrected chi connectivity index (χ0v) is 15.3. The maximum absolute atomic E-state index is 11.7. The van der Waals surface area contributed by atoms with Crippen molar-refractivity contribution in [3.8, 4) is 5.75 Å². The van der Waals surface area contributed by atoms with E-state index < -0.39 is 5.97 Å². The number of carbonyl (C=O) groups is 2. The highest BCUT2D eigenvalue weighted by atomic mass is 79.9. The van der Waals surface area contributed by atoms with E-state index in [4.69, 9.17) is 9.47 Å². The largest absolute Gasteiger partial charge is 0.497 e. The van der Waals surface area contributed by atoms with Crippen LogP contribution in [0, 0.1) is 0 Å². The lowest BCUT2D eigenvalue weighted by Gasteiger charge is -2.07. The van der Waals surface area contributed by atoms with Gasteiger partial charge >= 0.3 is 5.97 Å². The molecule has 0 heterocycles. The Morgan fingerprint density at radius 3 is 2.72 bits per heavy atom. The van der Waals surface area contributed by atoms with Gasteiger partial charge in [0.1, 0.15) is 5.75 Å². The Morgan fingerprint density at radius 1 is 1.16 bits per heavy atom. The van der Waals surface area contributed by atoms with Crippen molar-refractivity contribution in [3.05, 3.63) is 70.2 Å². The van der Waals surface area contributed by atoms with Crippen molar-refractivity contribution in [1.29, 1.82) is 0 Å². The Hall–Kier alpha value is -2.60. The molecule has 0 radical (unpaired) electrons. The molecule has 0 atom stereocenters. The molecule has 25 heavy (non-hydrogen) atoms. The number of benzene rings is 2. The summed E-state index contributed by atoms with van der Waals surface area (Å²) >= 11 is 3.35. The van der Waals surface area contributed by atoms with Crippen molar-refractivity contribution < 1.29 is 19.1 Å². The second kappa shape index (κ2) is 9.64. The Morgan fingerprint density at radius 2 is 1.96 bits per heavy atom. The number of ether oxygens (including phenoxy) is 2. The monoisotopic (exact) mass is 403 g/mol. The standard InChI is InChI=1S/C19H18BrNO4/c1-24-17-7-3-5-15(11-17)12-21-18(22)13-25-19(23)9-8-14-4-2-6-16(20)10-14/h2-11H,12-13H2,1H3,(H,21,22)/b9-8+. The van der Waals surface area contributed by atoms with Crippen LogP contribution in [-0.2, 0) is 20.9 Å². The van der Waals surface area contributed by atoms with Gasteiger partial charge in [-0.25, -0.2) is 4.79 Å². The van der Waals surface area contributed by atoms with Crippen molar-refractivity contribution in [2.45, 2.75) is 6.54 Å². The number of carbonyl (C=O) groups excluding carboxylic acids is 2. The van der Waals surface area contributed by atoms with E-state index >= 15 is 0 Å². The maximum Gasteiger partial charge on any atom is 0.331 e. The highest BCUT2D eigenvalue weighted by Gasteiger charge is 2.05. The van der Waals surface area contributed by atoms with E-state index in [1.807, 2.05) is 48.5 Å². The van der Waals surface area contributed by atoms with Gasteiger partial charge in [-0.3, -0.25) is 4.79 Å². The van der Waals surface area contributed by atoms with Crippen LogP contribution in [0.3, 0.4) is 0 Å². The molecule has 0 aliphatic heterocycles. The summed E-state index contributed by atoms with van der Waals surface area (Å²) in [6, 6.07) is 14.8. The van der Waals surface area contributed by atoms with Crippen LogP contribution < -0.4 is 10.1 Å². The zero-order valence-electron chi connectivity index (χ0n) is 13.7. The van der Waals surface area contributed by atoms with E-state index in [0.717, 1.165) is 21.3 Å². The first-order valence-electron chi connectivity index (χ1n) is 7.57. The molecule has 0 unspecified atom stereocenters. The summed E-state index contributed by atoms with van der Waals surface area (Å²) in [5.74, 6) is -0.223. The molecule has 2 aromatic carbocycles. The first-order chi connectivity index (χ1) is 12.1. The zero-order chi connectivity index (χ0) is 18.1. The molecule has 0 saturated carbocycles. The van der Waals surface area contributed by atoms with Crippen LogP contribution in [0.5, 0.6) is 5.75 Å². The van der Waals surface area contributed by atoms with E-state index in [-0.39, 0.29) is 12.5 Å². The summed E-state index contributed by atoms with van der Waals surface area (Å²) in [7, 11) is 1.58. The van der Waals surface area contributed by atoms with E-state index in [1.54, 1.807) is 13.2 Å². The summed E-state index contributed by atoms with van der Waals surface area (Å²) < 4.78 is 11.0. The number of methoxy groups -OCH3 is 1. The highest BCUT2D eigenvalue weighted by molar-refractivity contribution is 9.10. The predicted octanol–water partition coefficient (Wildman–Crippen LogP) is 3.33. The van der Waals surface area contributed by atoms with Gasteiger partial charge in [0.15, 0.2) is 6.61 Å². The third-order valence-corrected chi connectivity index (χ3v) is 3.72. The number of hydrogen-bond donors (Lipinski definition) is 1. The number of amides is 1. The van der Waals surface area contributed by atoms with Crippen LogP contribution in [-0.4, -0.2) is 25.6 Å². The van der Waals surface area contributed by atoms with Gasteiger partial charge in [0.25, 0.3) is 5.91 Å². The molecule has 5 nitrogen and oxygen atoms in total. The summed E-state index contributed by atoms with van der Waals surface area (Å²) in [6.07, 6.45) is 2.92. The van der Waals surface area contributed by atoms with Gasteiger partial charge in [-0.2, -0.15) is 0 Å². The van der Waals surface area contributed by atoms with Gasteiger partial charge < -0.3 is 14.8 Å². The fourth-order valence-corrected chi connectivity index (χ4v) is 2.41. The van der Waals surface area contributed by atoms with Crippen LogP contribution in [0.1, 0.15) is 11.1 Å². The lowest BCUT2D eigenvalue weighted by molar-refractivity contribution is -0.143. The molecule has 1 N–H and O–H groups in total.